The fourth-order valence-corrected chi connectivity index (χ4v) is 7.38. The number of piperazine rings is 1. The van der Waals surface area contributed by atoms with Gasteiger partial charge in [0.05, 0.1) is 17.9 Å². The van der Waals surface area contributed by atoms with Crippen molar-refractivity contribution in [2.24, 2.45) is 0 Å². The molecule has 0 radical (unpaired) electrons. The number of fused-ring (bicyclic) bond motifs is 1. The summed E-state index contributed by atoms with van der Waals surface area (Å²) in [4.78, 5) is 30.9. The number of carboxylic acid groups (broad SMARTS) is 1. The van der Waals surface area contributed by atoms with Crippen molar-refractivity contribution in [3.8, 4) is 0 Å². The molecule has 9 nitrogen and oxygen atoms in total. The lowest BCUT2D eigenvalue weighted by Gasteiger charge is -2.47. The molecule has 0 spiro atoms. The first-order valence-corrected chi connectivity index (χ1v) is 15.3. The molecule has 1 aromatic carbocycles. The molecule has 9 heteroatoms. The average Bonchev–Trinajstić information content (AvgIpc) is 3.33. The van der Waals surface area contributed by atoms with Gasteiger partial charge in [0.25, 0.3) is 0 Å². The number of piperidine rings is 1. The highest BCUT2D eigenvalue weighted by Gasteiger charge is 2.39. The molecule has 3 aromatic rings. The fraction of sp³-hybridized carbons (Fsp3) is 0.594. The van der Waals surface area contributed by atoms with Crippen LogP contribution in [0.3, 0.4) is 0 Å². The van der Waals surface area contributed by atoms with Gasteiger partial charge in [0.1, 0.15) is 11.3 Å². The Morgan fingerprint density at radius 3 is 2.32 bits per heavy atom. The molecule has 0 saturated carbocycles. The van der Waals surface area contributed by atoms with Gasteiger partial charge in [-0.25, -0.2) is 14.8 Å². The molecule has 1 N–H and O–H groups in total. The third-order valence-corrected chi connectivity index (χ3v) is 9.51. The van der Waals surface area contributed by atoms with Gasteiger partial charge in [0.2, 0.25) is 0 Å². The van der Waals surface area contributed by atoms with Crippen molar-refractivity contribution < 1.29 is 9.90 Å². The Morgan fingerprint density at radius 1 is 1.10 bits per heavy atom. The van der Waals surface area contributed by atoms with Crippen LogP contribution < -0.4 is 4.90 Å². The van der Waals surface area contributed by atoms with Gasteiger partial charge in [-0.3, -0.25) is 9.80 Å². The number of benzene rings is 1. The molecule has 4 heterocycles. The van der Waals surface area contributed by atoms with Crippen molar-refractivity contribution in [3.05, 3.63) is 54.0 Å². The van der Waals surface area contributed by atoms with Crippen molar-refractivity contribution in [2.45, 2.75) is 83.6 Å². The molecule has 0 bridgehead atoms. The quantitative estimate of drug-likeness (QED) is 0.393. The number of aryl methyl sites for hydroxylation is 1. The van der Waals surface area contributed by atoms with E-state index in [1.54, 1.807) is 4.90 Å². The summed E-state index contributed by atoms with van der Waals surface area (Å²) in [7, 11) is 4.40. The van der Waals surface area contributed by atoms with E-state index in [2.05, 4.69) is 83.6 Å². The zero-order valence-corrected chi connectivity index (χ0v) is 25.6. The summed E-state index contributed by atoms with van der Waals surface area (Å²) in [5, 5.41) is 9.73. The fourth-order valence-electron chi connectivity index (χ4n) is 7.38. The molecular weight excluding hydrogens is 514 g/mol. The summed E-state index contributed by atoms with van der Waals surface area (Å²) in [5.74, 6) is 1.05. The van der Waals surface area contributed by atoms with Crippen molar-refractivity contribution >= 4 is 22.9 Å². The number of pyridine rings is 1. The maximum Gasteiger partial charge on any atom is 0.407 e. The molecule has 0 aliphatic carbocycles. The van der Waals surface area contributed by atoms with Gasteiger partial charge in [-0.05, 0) is 65.8 Å². The Labute approximate surface area is 244 Å². The van der Waals surface area contributed by atoms with Gasteiger partial charge in [0.15, 0.2) is 5.65 Å². The van der Waals surface area contributed by atoms with Gasteiger partial charge in [0, 0.05) is 50.3 Å². The van der Waals surface area contributed by atoms with E-state index in [1.165, 1.54) is 5.56 Å². The Morgan fingerprint density at radius 2 is 1.76 bits per heavy atom. The second kappa shape index (κ2) is 12.0. The van der Waals surface area contributed by atoms with Gasteiger partial charge in [-0.15, -0.1) is 0 Å². The summed E-state index contributed by atoms with van der Waals surface area (Å²) in [6, 6.07) is 13.1. The monoisotopic (exact) mass is 561 g/mol. The van der Waals surface area contributed by atoms with E-state index >= 15 is 0 Å². The van der Waals surface area contributed by atoms with E-state index in [9.17, 15) is 9.90 Å². The van der Waals surface area contributed by atoms with Crippen molar-refractivity contribution in [3.63, 3.8) is 0 Å². The minimum atomic E-state index is -0.835. The Hall–Kier alpha value is -3.17. The lowest BCUT2D eigenvalue weighted by Crippen LogP contribution is -2.59. The molecule has 222 valence electrons. The van der Waals surface area contributed by atoms with Gasteiger partial charge in [-0.1, -0.05) is 43.7 Å². The van der Waals surface area contributed by atoms with E-state index in [4.69, 9.17) is 9.97 Å². The van der Waals surface area contributed by atoms with Gasteiger partial charge in [-0.2, -0.15) is 0 Å². The third-order valence-electron chi connectivity index (χ3n) is 9.51. The highest BCUT2D eigenvalue weighted by atomic mass is 16.4. The van der Waals surface area contributed by atoms with Crippen LogP contribution in [0.4, 0.5) is 10.5 Å². The van der Waals surface area contributed by atoms with E-state index in [1.807, 2.05) is 20.0 Å². The normalized spacial score (nSPS) is 22.4. The van der Waals surface area contributed by atoms with Crippen molar-refractivity contribution in [1.82, 2.24) is 29.2 Å². The van der Waals surface area contributed by atoms with E-state index < -0.39 is 6.09 Å². The first-order valence-electron chi connectivity index (χ1n) is 15.3. The van der Waals surface area contributed by atoms with Crippen molar-refractivity contribution in [2.75, 3.05) is 45.2 Å². The van der Waals surface area contributed by atoms with Crippen LogP contribution >= 0.6 is 0 Å². The molecule has 2 aromatic heterocycles. The molecule has 5 rings (SSSR count). The molecule has 3 unspecified atom stereocenters. The highest BCUT2D eigenvalue weighted by Crippen LogP contribution is 2.39. The number of aromatic nitrogens is 3. The number of imidazole rings is 1. The van der Waals surface area contributed by atoms with Gasteiger partial charge >= 0.3 is 6.09 Å². The predicted molar refractivity (Wildman–Crippen MR) is 164 cm³/mol. The van der Waals surface area contributed by atoms with E-state index in [0.29, 0.717) is 13.1 Å². The summed E-state index contributed by atoms with van der Waals surface area (Å²) < 4.78 is 2.26. The number of amides is 1. The first kappa shape index (κ1) is 29.3. The smallest absolute Gasteiger partial charge is 0.407 e. The van der Waals surface area contributed by atoms with Crippen LogP contribution in [0.25, 0.3) is 11.2 Å². The maximum absolute atomic E-state index is 11.8. The number of nitrogens with zero attached hydrogens (tertiary/aromatic N) is 7. The molecule has 2 aliphatic rings. The standard InChI is InChI=1S/C32H47N7O2/c1-7-12-28(37-21-23(3)39(31(40)41)24(4)22-37)30-34-27-19-26(20-33-29(27)38(30)8-2)36-17-15-32(16-18-36,35(5)6)25-13-10-9-11-14-25/h9-11,13-14,19-20,23-24,28H,7-8,12,15-18,21-22H2,1-6H3,(H,40,41). The average molecular weight is 562 g/mol. The Bertz CT molecular complexity index is 1320. The SMILES string of the molecule is CCCC(c1nc2cc(N3CCC(c4ccccc4)(N(C)C)CC3)cnc2n1CC)N1CC(C)N(C(=O)O)C(C)C1. The summed E-state index contributed by atoms with van der Waals surface area (Å²) in [6.45, 7) is 12.5. The molecule has 3 atom stereocenters. The summed E-state index contributed by atoms with van der Waals surface area (Å²) in [5.41, 5.74) is 4.44. The second-order valence-electron chi connectivity index (χ2n) is 12.2. The molecular formula is C32H47N7O2. The minimum absolute atomic E-state index is 0.0402. The summed E-state index contributed by atoms with van der Waals surface area (Å²) in [6.07, 6.45) is 5.29. The number of hydrogen-bond donors (Lipinski definition) is 1. The van der Waals surface area contributed by atoms with E-state index in [0.717, 1.165) is 68.0 Å². The van der Waals surface area contributed by atoms with Crippen LogP contribution in [-0.4, -0.2) is 92.8 Å². The molecule has 2 aliphatic heterocycles. The lowest BCUT2D eigenvalue weighted by atomic mass is 9.79. The molecule has 2 saturated heterocycles. The van der Waals surface area contributed by atoms with Crippen LogP contribution in [0.1, 0.15) is 70.8 Å². The number of rotatable bonds is 8. The van der Waals surface area contributed by atoms with Crippen LogP contribution in [-0.2, 0) is 12.1 Å². The predicted octanol–water partition coefficient (Wildman–Crippen LogP) is 5.42. The first-order chi connectivity index (χ1) is 19.7. The van der Waals surface area contributed by atoms with Crippen molar-refractivity contribution in [1.29, 1.82) is 0 Å². The minimum Gasteiger partial charge on any atom is -0.465 e. The Kier molecular flexibility index (Phi) is 8.57. The summed E-state index contributed by atoms with van der Waals surface area (Å²) >= 11 is 0. The zero-order valence-electron chi connectivity index (χ0n) is 25.6. The van der Waals surface area contributed by atoms with Crippen LogP contribution in [0.5, 0.6) is 0 Å². The Balaban J connectivity index is 1.41. The topological polar surface area (TPSA) is 81.0 Å². The van der Waals surface area contributed by atoms with Crippen LogP contribution in [0.2, 0.25) is 0 Å². The maximum atomic E-state index is 11.8. The number of anilines is 1. The number of hydrogen-bond acceptors (Lipinski definition) is 6. The molecule has 2 fully saturated rings. The molecule has 1 amide bonds. The molecule has 41 heavy (non-hydrogen) atoms. The number of carbonyl (C=O) groups is 1. The highest BCUT2D eigenvalue weighted by molar-refractivity contribution is 5.76. The van der Waals surface area contributed by atoms with Crippen LogP contribution in [0.15, 0.2) is 42.6 Å². The largest absolute Gasteiger partial charge is 0.465 e. The third kappa shape index (κ3) is 5.42. The van der Waals surface area contributed by atoms with E-state index in [-0.39, 0.29) is 23.7 Å². The zero-order chi connectivity index (χ0) is 29.3. The lowest BCUT2D eigenvalue weighted by molar-refractivity contribution is 0.0174. The second-order valence-corrected chi connectivity index (χ2v) is 12.2. The van der Waals surface area contributed by atoms with Crippen LogP contribution in [0, 0.1) is 0 Å². The van der Waals surface area contributed by atoms with Gasteiger partial charge < -0.3 is 19.5 Å².